The lowest BCUT2D eigenvalue weighted by atomic mass is 10.1. The number of rotatable bonds is 6. The molecule has 1 saturated carbocycles. The average Bonchev–Trinajstić information content (AvgIpc) is 3.40. The summed E-state index contributed by atoms with van der Waals surface area (Å²) in [6.45, 7) is 0.724. The SMILES string of the molecule is COC(=O)N(Cc1ccccc1)[C@]1(C#N)C[C@H]1OCc1ccccc1. The van der Waals surface area contributed by atoms with Crippen molar-refractivity contribution >= 4 is 6.09 Å². The van der Waals surface area contributed by atoms with Gasteiger partial charge in [-0.1, -0.05) is 60.7 Å². The predicted molar refractivity (Wildman–Crippen MR) is 92.4 cm³/mol. The molecule has 1 fully saturated rings. The third-order valence-electron chi connectivity index (χ3n) is 4.42. The van der Waals surface area contributed by atoms with Crippen LogP contribution in [-0.2, 0) is 22.6 Å². The summed E-state index contributed by atoms with van der Waals surface area (Å²) >= 11 is 0. The number of carbonyl (C=O) groups excluding carboxylic acids is 1. The fraction of sp³-hybridized carbons (Fsp3) is 0.300. The van der Waals surface area contributed by atoms with Gasteiger partial charge in [-0.15, -0.1) is 0 Å². The minimum Gasteiger partial charge on any atom is -0.453 e. The van der Waals surface area contributed by atoms with Crippen molar-refractivity contribution in [3.05, 3.63) is 71.8 Å². The Morgan fingerprint density at radius 3 is 2.32 bits per heavy atom. The Bertz CT molecular complexity index is 758. The van der Waals surface area contributed by atoms with Crippen LogP contribution in [0.1, 0.15) is 17.5 Å². The molecule has 0 heterocycles. The largest absolute Gasteiger partial charge is 0.453 e. The average molecular weight is 336 g/mol. The third-order valence-corrected chi connectivity index (χ3v) is 4.42. The van der Waals surface area contributed by atoms with Gasteiger partial charge in [0.1, 0.15) is 0 Å². The monoisotopic (exact) mass is 336 g/mol. The highest BCUT2D eigenvalue weighted by molar-refractivity contribution is 5.70. The maximum absolute atomic E-state index is 12.3. The van der Waals surface area contributed by atoms with Crippen LogP contribution in [0, 0.1) is 11.3 Å². The van der Waals surface area contributed by atoms with Crippen LogP contribution >= 0.6 is 0 Å². The molecule has 0 saturated heterocycles. The Hall–Kier alpha value is -2.84. The standard InChI is InChI=1S/C20H20N2O3/c1-24-19(23)22(13-16-8-4-2-5-9-16)20(15-21)12-18(20)25-14-17-10-6-3-7-11-17/h2-11,18H,12-14H2,1H3/t18-,20+/m1/s1. The Morgan fingerprint density at radius 1 is 1.16 bits per heavy atom. The van der Waals surface area contributed by atoms with Crippen LogP contribution in [0.15, 0.2) is 60.7 Å². The van der Waals surface area contributed by atoms with E-state index in [2.05, 4.69) is 6.07 Å². The van der Waals surface area contributed by atoms with Crippen molar-refractivity contribution in [1.29, 1.82) is 5.26 Å². The summed E-state index contributed by atoms with van der Waals surface area (Å²) in [4.78, 5) is 13.7. The highest BCUT2D eigenvalue weighted by Gasteiger charge is 2.62. The second kappa shape index (κ2) is 7.37. The van der Waals surface area contributed by atoms with Crippen LogP contribution < -0.4 is 0 Å². The van der Waals surface area contributed by atoms with Gasteiger partial charge in [0.15, 0.2) is 5.54 Å². The number of nitriles is 1. The van der Waals surface area contributed by atoms with Gasteiger partial charge in [-0.2, -0.15) is 5.26 Å². The zero-order chi connectivity index (χ0) is 17.7. The van der Waals surface area contributed by atoms with Crippen LogP contribution in [0.2, 0.25) is 0 Å². The fourth-order valence-corrected chi connectivity index (χ4v) is 2.90. The van der Waals surface area contributed by atoms with Crippen LogP contribution in [0.3, 0.4) is 0 Å². The first-order valence-corrected chi connectivity index (χ1v) is 8.16. The number of ether oxygens (including phenoxy) is 2. The minimum absolute atomic E-state index is 0.312. The highest BCUT2D eigenvalue weighted by atomic mass is 16.5. The third kappa shape index (κ3) is 3.65. The molecule has 0 unspecified atom stereocenters. The predicted octanol–water partition coefficient (Wildman–Crippen LogP) is 3.51. The highest BCUT2D eigenvalue weighted by Crippen LogP contribution is 2.45. The van der Waals surface area contributed by atoms with Gasteiger partial charge in [-0.3, -0.25) is 4.90 Å². The maximum atomic E-state index is 12.3. The van der Waals surface area contributed by atoms with E-state index < -0.39 is 11.6 Å². The van der Waals surface area contributed by atoms with E-state index in [0.29, 0.717) is 19.6 Å². The second-order valence-electron chi connectivity index (χ2n) is 6.07. The van der Waals surface area contributed by atoms with Crippen molar-refractivity contribution < 1.29 is 14.3 Å². The molecule has 2 atom stereocenters. The van der Waals surface area contributed by atoms with Gasteiger partial charge in [0, 0.05) is 6.42 Å². The number of nitrogens with zero attached hydrogens (tertiary/aromatic N) is 2. The van der Waals surface area contributed by atoms with Crippen molar-refractivity contribution in [2.24, 2.45) is 0 Å². The molecule has 1 aliphatic carbocycles. The molecule has 5 heteroatoms. The van der Waals surface area contributed by atoms with E-state index in [1.165, 1.54) is 12.0 Å². The van der Waals surface area contributed by atoms with Gasteiger partial charge in [0.25, 0.3) is 0 Å². The van der Waals surface area contributed by atoms with Crippen LogP contribution in [0.25, 0.3) is 0 Å². The first kappa shape index (κ1) is 17.0. The Kier molecular flexibility index (Phi) is 5.01. The van der Waals surface area contributed by atoms with E-state index in [4.69, 9.17) is 9.47 Å². The molecule has 2 aromatic rings. The zero-order valence-electron chi connectivity index (χ0n) is 14.1. The summed E-state index contributed by atoms with van der Waals surface area (Å²) in [5, 5.41) is 9.74. The summed E-state index contributed by atoms with van der Waals surface area (Å²) in [5.74, 6) is 0. The van der Waals surface area contributed by atoms with E-state index in [1.807, 2.05) is 60.7 Å². The van der Waals surface area contributed by atoms with Gasteiger partial charge in [-0.05, 0) is 11.1 Å². The molecule has 1 aliphatic rings. The first-order chi connectivity index (χ1) is 12.2. The molecule has 0 bridgehead atoms. The van der Waals surface area contributed by atoms with Crippen molar-refractivity contribution in [2.75, 3.05) is 7.11 Å². The molecule has 0 spiro atoms. The first-order valence-electron chi connectivity index (χ1n) is 8.16. The van der Waals surface area contributed by atoms with E-state index in [1.54, 1.807) is 0 Å². The van der Waals surface area contributed by atoms with Crippen molar-refractivity contribution in [3.63, 3.8) is 0 Å². The molecule has 128 valence electrons. The lowest BCUT2D eigenvalue weighted by Crippen LogP contribution is -2.43. The van der Waals surface area contributed by atoms with Crippen molar-refractivity contribution in [3.8, 4) is 6.07 Å². The van der Waals surface area contributed by atoms with Gasteiger partial charge in [-0.25, -0.2) is 4.79 Å². The number of amides is 1. The number of hydrogen-bond donors (Lipinski definition) is 0. The summed E-state index contributed by atoms with van der Waals surface area (Å²) in [7, 11) is 1.33. The van der Waals surface area contributed by atoms with E-state index in [-0.39, 0.29) is 6.10 Å². The van der Waals surface area contributed by atoms with E-state index in [0.717, 1.165) is 11.1 Å². The quantitative estimate of drug-likeness (QED) is 0.810. The van der Waals surface area contributed by atoms with Crippen LogP contribution in [-0.4, -0.2) is 29.7 Å². The molecule has 3 rings (SSSR count). The van der Waals surface area contributed by atoms with Crippen LogP contribution in [0.5, 0.6) is 0 Å². The number of methoxy groups -OCH3 is 1. The van der Waals surface area contributed by atoms with Crippen molar-refractivity contribution in [1.82, 2.24) is 4.90 Å². The molecule has 1 amide bonds. The minimum atomic E-state index is -0.974. The number of carbonyl (C=O) groups is 1. The van der Waals surface area contributed by atoms with Crippen molar-refractivity contribution in [2.45, 2.75) is 31.2 Å². The van der Waals surface area contributed by atoms with E-state index >= 15 is 0 Å². The maximum Gasteiger partial charge on any atom is 0.411 e. The second-order valence-corrected chi connectivity index (χ2v) is 6.07. The molecule has 0 radical (unpaired) electrons. The smallest absolute Gasteiger partial charge is 0.411 e. The summed E-state index contributed by atoms with van der Waals surface area (Å²) in [5.41, 5.74) is 1.00. The number of hydrogen-bond acceptors (Lipinski definition) is 4. The lowest BCUT2D eigenvalue weighted by molar-refractivity contribution is 0.0540. The van der Waals surface area contributed by atoms with Gasteiger partial charge in [0.2, 0.25) is 0 Å². The number of benzene rings is 2. The molecule has 0 aliphatic heterocycles. The van der Waals surface area contributed by atoms with Gasteiger partial charge in [0.05, 0.1) is 32.4 Å². The molecule has 5 nitrogen and oxygen atoms in total. The molecule has 2 aromatic carbocycles. The Morgan fingerprint density at radius 2 is 1.76 bits per heavy atom. The van der Waals surface area contributed by atoms with Crippen LogP contribution in [0.4, 0.5) is 4.79 Å². The normalized spacial score (nSPS) is 21.2. The van der Waals surface area contributed by atoms with Gasteiger partial charge >= 0.3 is 6.09 Å². The van der Waals surface area contributed by atoms with Gasteiger partial charge < -0.3 is 9.47 Å². The van der Waals surface area contributed by atoms with E-state index in [9.17, 15) is 10.1 Å². The molecule has 0 N–H and O–H groups in total. The summed E-state index contributed by atoms with van der Waals surface area (Å²) < 4.78 is 10.8. The topological polar surface area (TPSA) is 62.6 Å². The molecule has 0 aromatic heterocycles. The fourth-order valence-electron chi connectivity index (χ4n) is 2.90. The Balaban J connectivity index is 1.72. The summed E-state index contributed by atoms with van der Waals surface area (Å²) in [6.07, 6.45) is -0.352. The molecule has 25 heavy (non-hydrogen) atoms. The molecular weight excluding hydrogens is 316 g/mol. The Labute approximate surface area is 147 Å². The molecular formula is C20H20N2O3. The lowest BCUT2D eigenvalue weighted by Gasteiger charge is -2.26. The zero-order valence-corrected chi connectivity index (χ0v) is 14.1. The summed E-state index contributed by atoms with van der Waals surface area (Å²) in [6, 6.07) is 21.6.